The van der Waals surface area contributed by atoms with Crippen LogP contribution in [-0.2, 0) is 19.6 Å². The van der Waals surface area contributed by atoms with Crippen LogP contribution in [0.15, 0.2) is 41.3 Å². The number of aliphatic hydroxyl groups is 1. The second-order valence-corrected chi connectivity index (χ2v) is 11.3. The summed E-state index contributed by atoms with van der Waals surface area (Å²) in [6.45, 7) is 3.61. The third-order valence-corrected chi connectivity index (χ3v) is 8.58. The van der Waals surface area contributed by atoms with Crippen LogP contribution in [0.2, 0.25) is 0 Å². The minimum absolute atomic E-state index is 0.0989. The highest BCUT2D eigenvalue weighted by atomic mass is 32.2. The molecule has 2 aromatic rings. The number of nitrogens with two attached hydrogens (primary N) is 1. The van der Waals surface area contributed by atoms with Crippen LogP contribution < -0.4 is 16.4 Å². The molecule has 5 N–H and O–H groups in total. The van der Waals surface area contributed by atoms with Gasteiger partial charge in [-0.1, -0.05) is 0 Å². The van der Waals surface area contributed by atoms with Gasteiger partial charge in [-0.2, -0.15) is 17.5 Å². The smallest absolute Gasteiger partial charge is 0.413 e. The van der Waals surface area contributed by atoms with E-state index < -0.39 is 59.0 Å². The van der Waals surface area contributed by atoms with Crippen LogP contribution in [0.5, 0.6) is 0 Å². The Morgan fingerprint density at radius 3 is 2.14 bits per heavy atom. The number of sulfonamides is 1. The number of nitrogens with zero attached hydrogens (tertiary/aromatic N) is 1. The predicted molar refractivity (Wildman–Crippen MR) is 131 cm³/mol. The average Bonchev–Trinajstić information content (AvgIpc) is 3.28. The number of hydrogen-bond acceptors (Lipinski definition) is 8. The maximum Gasteiger partial charge on any atom is 0.413 e. The molecule has 1 aromatic carbocycles. The molecule has 37 heavy (non-hydrogen) atoms. The molecule has 0 saturated carbocycles. The zero-order valence-corrected chi connectivity index (χ0v) is 22.1. The fourth-order valence-corrected chi connectivity index (χ4v) is 6.49. The highest BCUT2D eigenvalue weighted by Crippen LogP contribution is 2.40. The highest BCUT2D eigenvalue weighted by molar-refractivity contribution is 7.89. The van der Waals surface area contributed by atoms with E-state index in [0.717, 1.165) is 17.5 Å². The van der Waals surface area contributed by atoms with E-state index in [4.69, 9.17) is 5.73 Å². The van der Waals surface area contributed by atoms with E-state index in [-0.39, 0.29) is 14.6 Å². The van der Waals surface area contributed by atoms with Gasteiger partial charge >= 0.3 is 12.3 Å². The van der Waals surface area contributed by atoms with Gasteiger partial charge in [0.2, 0.25) is 15.9 Å². The lowest BCUT2D eigenvalue weighted by atomic mass is 10.2. The molecule has 0 bridgehead atoms. The summed E-state index contributed by atoms with van der Waals surface area (Å²) < 4.78 is 73.8. The summed E-state index contributed by atoms with van der Waals surface area (Å²) in [5.74, 6) is -1.11. The number of alkyl halides is 3. The summed E-state index contributed by atoms with van der Waals surface area (Å²) in [5.41, 5.74) is 5.98. The first-order chi connectivity index (χ1) is 17.1. The number of aliphatic hydroxyl groups excluding tert-OH is 1. The first-order valence-corrected chi connectivity index (χ1v) is 13.2. The van der Waals surface area contributed by atoms with Gasteiger partial charge in [0.05, 0.1) is 24.7 Å². The summed E-state index contributed by atoms with van der Waals surface area (Å²) in [6, 6.07) is 2.12. The number of nitrogens with one attached hydrogen (secondary N) is 2. The van der Waals surface area contributed by atoms with Gasteiger partial charge < -0.3 is 26.2 Å². The minimum Gasteiger partial charge on any atom is -0.453 e. The number of halogens is 3. The molecule has 0 aliphatic heterocycles. The largest absolute Gasteiger partial charge is 0.453 e. The Kier molecular flexibility index (Phi) is 9.93. The lowest BCUT2D eigenvalue weighted by Crippen LogP contribution is -2.48. The highest BCUT2D eigenvalue weighted by Gasteiger charge is 2.44. The van der Waals surface area contributed by atoms with E-state index in [2.05, 4.69) is 10.1 Å². The van der Waals surface area contributed by atoms with Crippen molar-refractivity contribution in [2.24, 2.45) is 0 Å². The van der Waals surface area contributed by atoms with Gasteiger partial charge in [0.15, 0.2) is 6.04 Å². The first-order valence-electron chi connectivity index (χ1n) is 10.9. The summed E-state index contributed by atoms with van der Waals surface area (Å²) in [6.07, 6.45) is -5.91. The van der Waals surface area contributed by atoms with Crippen LogP contribution in [0, 0.1) is 0 Å². The van der Waals surface area contributed by atoms with Crippen molar-refractivity contribution in [3.05, 3.63) is 46.2 Å². The first kappa shape index (κ1) is 30.3. The van der Waals surface area contributed by atoms with Crippen LogP contribution in [-0.4, -0.2) is 61.8 Å². The maximum atomic E-state index is 13.9. The molecule has 15 heteroatoms. The van der Waals surface area contributed by atoms with Crippen LogP contribution in [0.3, 0.4) is 0 Å². The molecular weight excluding hydrogens is 537 g/mol. The molecule has 2 amide bonds. The fourth-order valence-electron chi connectivity index (χ4n) is 3.45. The Morgan fingerprint density at radius 1 is 1.08 bits per heavy atom. The molecule has 1 aromatic heterocycles. The maximum absolute atomic E-state index is 13.9. The average molecular weight is 567 g/mol. The quantitative estimate of drug-likeness (QED) is 0.323. The monoisotopic (exact) mass is 566 g/mol. The molecular formula is C22H29F3N4O6S2. The minimum atomic E-state index is -4.91. The molecule has 0 radical (unpaired) electrons. The Bertz CT molecular complexity index is 1190. The number of amides is 2. The summed E-state index contributed by atoms with van der Waals surface area (Å²) in [7, 11) is -3.14. The third kappa shape index (κ3) is 7.34. The van der Waals surface area contributed by atoms with Crippen LogP contribution in [0.4, 0.5) is 23.7 Å². The number of hydrogen-bond donors (Lipinski definition) is 4. The van der Waals surface area contributed by atoms with Gasteiger partial charge in [-0.3, -0.25) is 4.79 Å². The van der Waals surface area contributed by atoms with Crippen LogP contribution in [0.1, 0.15) is 42.6 Å². The van der Waals surface area contributed by atoms with Gasteiger partial charge in [0.25, 0.3) is 0 Å². The van der Waals surface area contributed by atoms with Crippen molar-refractivity contribution in [2.45, 2.75) is 56.0 Å². The number of methoxy groups -OCH3 is 1. The van der Waals surface area contributed by atoms with Crippen molar-refractivity contribution in [1.29, 1.82) is 0 Å². The van der Waals surface area contributed by atoms with Gasteiger partial charge in [-0.05, 0) is 57.2 Å². The fraction of sp³-hybridized carbons (Fsp3) is 0.455. The normalized spacial score (nSPS) is 14.8. The summed E-state index contributed by atoms with van der Waals surface area (Å²) >= 11 is 0.599. The van der Waals surface area contributed by atoms with Crippen molar-refractivity contribution in [2.75, 3.05) is 19.5 Å². The van der Waals surface area contributed by atoms with Gasteiger partial charge in [-0.25, -0.2) is 13.2 Å². The SMILES string of the molecule is COC(=O)N[C@@H](C)C(=O)N[C@H](c1ccc([C@@H](CO)N(C(C)C)S(=O)(=O)c2ccc(N)cc2)s1)C(F)(F)F. The zero-order valence-electron chi connectivity index (χ0n) is 20.4. The van der Waals surface area contributed by atoms with Gasteiger partial charge in [0, 0.05) is 21.5 Å². The number of ether oxygens (including phenoxy) is 1. The van der Waals surface area contributed by atoms with Crippen molar-refractivity contribution in [1.82, 2.24) is 14.9 Å². The molecule has 0 fully saturated rings. The second-order valence-electron chi connectivity index (χ2n) is 8.28. The molecule has 1 heterocycles. The predicted octanol–water partition coefficient (Wildman–Crippen LogP) is 2.93. The number of nitrogen functional groups attached to an aromatic ring is 1. The van der Waals surface area contributed by atoms with E-state index in [9.17, 15) is 36.3 Å². The van der Waals surface area contributed by atoms with Crippen molar-refractivity contribution < 1.29 is 41.0 Å². The number of rotatable bonds is 10. The molecule has 0 unspecified atom stereocenters. The summed E-state index contributed by atoms with van der Waals surface area (Å²) in [4.78, 5) is 23.3. The lowest BCUT2D eigenvalue weighted by Gasteiger charge is -2.32. The number of thiophene rings is 1. The lowest BCUT2D eigenvalue weighted by molar-refractivity contribution is -0.163. The molecule has 0 aliphatic rings. The third-order valence-electron chi connectivity index (χ3n) is 5.23. The Balaban J connectivity index is 2.42. The number of carbonyl (C=O) groups is 2. The van der Waals surface area contributed by atoms with E-state index in [1.165, 1.54) is 37.3 Å². The second kappa shape index (κ2) is 12.1. The molecule has 3 atom stereocenters. The molecule has 206 valence electrons. The van der Waals surface area contributed by atoms with E-state index in [0.29, 0.717) is 17.0 Å². The summed E-state index contributed by atoms with van der Waals surface area (Å²) in [5, 5.41) is 14.1. The van der Waals surface area contributed by atoms with Gasteiger partial charge in [-0.15, -0.1) is 11.3 Å². The van der Waals surface area contributed by atoms with E-state index in [1.54, 1.807) is 13.8 Å². The molecule has 2 rings (SSSR count). The number of benzene rings is 1. The Labute approximate surface area is 216 Å². The molecule has 0 aliphatic carbocycles. The molecule has 0 saturated heterocycles. The number of carbonyl (C=O) groups excluding carboxylic acids is 2. The van der Waals surface area contributed by atoms with Gasteiger partial charge in [0.1, 0.15) is 6.04 Å². The number of alkyl carbamates (subject to hydrolysis) is 1. The van der Waals surface area contributed by atoms with Crippen molar-refractivity contribution >= 4 is 39.0 Å². The Hall–Kier alpha value is -2.88. The van der Waals surface area contributed by atoms with E-state index in [1.807, 2.05) is 5.32 Å². The zero-order chi connectivity index (χ0) is 28.1. The molecule has 10 nitrogen and oxygen atoms in total. The van der Waals surface area contributed by atoms with Crippen molar-refractivity contribution in [3.63, 3.8) is 0 Å². The molecule has 0 spiro atoms. The standard InChI is InChI=1S/C22H29F3N4O6S2/c1-12(2)29(37(33,34)15-7-5-14(26)6-8-15)16(11-30)17-9-10-18(36-17)19(22(23,24)25)28-20(31)13(3)27-21(32)35-4/h5-10,12-13,16,19,30H,11,26H2,1-4H3,(H,27,32)(H,28,31)/t13-,16+,19+/m0/s1. The van der Waals surface area contributed by atoms with Crippen LogP contribution >= 0.6 is 11.3 Å². The Morgan fingerprint density at radius 2 is 1.65 bits per heavy atom. The van der Waals surface area contributed by atoms with E-state index >= 15 is 0 Å². The van der Waals surface area contributed by atoms with Crippen LogP contribution in [0.25, 0.3) is 0 Å². The van der Waals surface area contributed by atoms with Crippen molar-refractivity contribution in [3.8, 4) is 0 Å². The topological polar surface area (TPSA) is 151 Å². The number of anilines is 1.